The van der Waals surface area contributed by atoms with E-state index in [0.717, 1.165) is 9.13 Å². The number of amides is 2. The normalized spacial score (nSPS) is 11.7. The number of hydrogen-bond acceptors (Lipinski definition) is 2. The zero-order chi connectivity index (χ0) is 15.2. The summed E-state index contributed by atoms with van der Waals surface area (Å²) < 4.78 is 1.07. The molecule has 0 aliphatic carbocycles. The molecule has 0 saturated carbocycles. The van der Waals surface area contributed by atoms with Crippen LogP contribution >= 0.6 is 22.6 Å². The van der Waals surface area contributed by atoms with Gasteiger partial charge in [0.15, 0.2) is 0 Å². The highest BCUT2D eigenvalue weighted by Gasteiger charge is 2.19. The van der Waals surface area contributed by atoms with E-state index in [-0.39, 0.29) is 5.91 Å². The van der Waals surface area contributed by atoms with Gasteiger partial charge in [-0.15, -0.1) is 0 Å². The number of halogens is 1. The highest BCUT2D eigenvalue weighted by molar-refractivity contribution is 14.1. The SMILES string of the molecule is NC(=O)[C@H](Cc1cccc(I)c1)NC(=O)c1ccccc1. The topological polar surface area (TPSA) is 72.2 Å². The smallest absolute Gasteiger partial charge is 0.251 e. The van der Waals surface area contributed by atoms with Crippen molar-refractivity contribution in [2.75, 3.05) is 0 Å². The van der Waals surface area contributed by atoms with E-state index in [0.29, 0.717) is 12.0 Å². The van der Waals surface area contributed by atoms with Crippen molar-refractivity contribution in [1.82, 2.24) is 5.32 Å². The zero-order valence-corrected chi connectivity index (χ0v) is 13.4. The number of hydrogen-bond donors (Lipinski definition) is 2. The van der Waals surface area contributed by atoms with Crippen molar-refractivity contribution in [1.29, 1.82) is 0 Å². The molecule has 2 amide bonds. The van der Waals surface area contributed by atoms with E-state index in [9.17, 15) is 9.59 Å². The summed E-state index contributed by atoms with van der Waals surface area (Å²) in [5.74, 6) is -0.844. The summed E-state index contributed by atoms with van der Waals surface area (Å²) in [6.45, 7) is 0. The molecule has 2 aromatic rings. The summed E-state index contributed by atoms with van der Waals surface area (Å²) in [4.78, 5) is 23.7. The molecule has 0 aliphatic heterocycles. The zero-order valence-electron chi connectivity index (χ0n) is 11.3. The molecule has 0 radical (unpaired) electrons. The van der Waals surface area contributed by atoms with Crippen LogP contribution in [0.4, 0.5) is 0 Å². The van der Waals surface area contributed by atoms with E-state index in [1.165, 1.54) is 0 Å². The van der Waals surface area contributed by atoms with E-state index < -0.39 is 11.9 Å². The van der Waals surface area contributed by atoms with Gasteiger partial charge < -0.3 is 11.1 Å². The molecule has 5 heteroatoms. The second kappa shape index (κ2) is 7.21. The van der Waals surface area contributed by atoms with Crippen molar-refractivity contribution in [2.45, 2.75) is 12.5 Å². The molecule has 0 aliphatic rings. The van der Waals surface area contributed by atoms with Gasteiger partial charge in [-0.05, 0) is 52.4 Å². The molecule has 4 nitrogen and oxygen atoms in total. The molecule has 0 fully saturated rings. The highest BCUT2D eigenvalue weighted by atomic mass is 127. The van der Waals surface area contributed by atoms with Gasteiger partial charge in [0.25, 0.3) is 5.91 Å². The Morgan fingerprint density at radius 3 is 2.43 bits per heavy atom. The minimum absolute atomic E-state index is 0.301. The fourth-order valence-corrected chi connectivity index (χ4v) is 2.56. The fourth-order valence-electron chi connectivity index (χ4n) is 1.95. The van der Waals surface area contributed by atoms with Gasteiger partial charge in [0, 0.05) is 15.6 Å². The molecule has 0 spiro atoms. The van der Waals surface area contributed by atoms with Crippen LogP contribution in [0.1, 0.15) is 15.9 Å². The second-order valence-electron chi connectivity index (χ2n) is 4.63. The number of benzene rings is 2. The highest BCUT2D eigenvalue weighted by Crippen LogP contribution is 2.10. The average molecular weight is 394 g/mol. The Kier molecular flexibility index (Phi) is 5.32. The summed E-state index contributed by atoms with van der Waals surface area (Å²) >= 11 is 2.20. The van der Waals surface area contributed by atoms with Gasteiger partial charge in [-0.25, -0.2) is 0 Å². The van der Waals surface area contributed by atoms with Crippen molar-refractivity contribution in [3.63, 3.8) is 0 Å². The number of carbonyl (C=O) groups excluding carboxylic acids is 2. The van der Waals surface area contributed by atoms with Crippen molar-refractivity contribution in [3.8, 4) is 0 Å². The van der Waals surface area contributed by atoms with Crippen molar-refractivity contribution in [3.05, 3.63) is 69.3 Å². The molecule has 0 bridgehead atoms. The Morgan fingerprint density at radius 2 is 1.81 bits per heavy atom. The van der Waals surface area contributed by atoms with Crippen LogP contribution in [0, 0.1) is 3.57 Å². The van der Waals surface area contributed by atoms with Crippen LogP contribution in [-0.2, 0) is 11.2 Å². The van der Waals surface area contributed by atoms with Gasteiger partial charge in [-0.3, -0.25) is 9.59 Å². The van der Waals surface area contributed by atoms with Crippen molar-refractivity contribution in [2.24, 2.45) is 5.73 Å². The summed E-state index contributed by atoms with van der Waals surface area (Å²) in [5.41, 5.74) is 6.86. The van der Waals surface area contributed by atoms with Gasteiger partial charge in [0.05, 0.1) is 0 Å². The maximum atomic E-state index is 12.1. The average Bonchev–Trinajstić information content (AvgIpc) is 2.47. The van der Waals surface area contributed by atoms with E-state index >= 15 is 0 Å². The largest absolute Gasteiger partial charge is 0.368 e. The Balaban J connectivity index is 2.09. The number of nitrogens with two attached hydrogens (primary N) is 1. The Labute approximate surface area is 136 Å². The lowest BCUT2D eigenvalue weighted by Crippen LogP contribution is -2.45. The van der Waals surface area contributed by atoms with Gasteiger partial charge in [-0.2, -0.15) is 0 Å². The second-order valence-corrected chi connectivity index (χ2v) is 5.87. The minimum Gasteiger partial charge on any atom is -0.368 e. The molecule has 0 aromatic heterocycles. The van der Waals surface area contributed by atoms with Crippen molar-refractivity contribution < 1.29 is 9.59 Å². The van der Waals surface area contributed by atoms with Crippen molar-refractivity contribution >= 4 is 34.4 Å². The molecule has 0 heterocycles. The van der Waals surface area contributed by atoms with E-state index in [1.807, 2.05) is 30.3 Å². The Morgan fingerprint density at radius 1 is 1.10 bits per heavy atom. The third-order valence-electron chi connectivity index (χ3n) is 3.01. The third-order valence-corrected chi connectivity index (χ3v) is 3.68. The predicted molar refractivity (Wildman–Crippen MR) is 89.8 cm³/mol. The Bertz CT molecular complexity index is 644. The molecule has 21 heavy (non-hydrogen) atoms. The first-order valence-electron chi connectivity index (χ1n) is 6.46. The molecular weight excluding hydrogens is 379 g/mol. The van der Waals surface area contributed by atoms with Gasteiger partial charge in [0.1, 0.15) is 6.04 Å². The maximum Gasteiger partial charge on any atom is 0.251 e. The van der Waals surface area contributed by atoms with Crippen LogP contribution in [0.25, 0.3) is 0 Å². The molecule has 1 atom stereocenters. The van der Waals surface area contributed by atoms with Gasteiger partial charge >= 0.3 is 0 Å². The number of nitrogens with one attached hydrogen (secondary N) is 1. The van der Waals surface area contributed by atoms with Crippen LogP contribution in [-0.4, -0.2) is 17.9 Å². The lowest BCUT2D eigenvalue weighted by atomic mass is 10.0. The van der Waals surface area contributed by atoms with Gasteiger partial charge in [0.2, 0.25) is 5.91 Å². The van der Waals surface area contributed by atoms with Crippen LogP contribution in [0.2, 0.25) is 0 Å². The van der Waals surface area contributed by atoms with Gasteiger partial charge in [-0.1, -0.05) is 30.3 Å². The summed E-state index contributed by atoms with van der Waals surface area (Å²) in [6.07, 6.45) is 0.380. The Hall–Kier alpha value is -1.89. The monoisotopic (exact) mass is 394 g/mol. The lowest BCUT2D eigenvalue weighted by molar-refractivity contribution is -0.119. The summed E-state index contributed by atoms with van der Waals surface area (Å²) in [5, 5.41) is 2.68. The van der Waals surface area contributed by atoms with Crippen LogP contribution in [0.15, 0.2) is 54.6 Å². The molecule has 3 N–H and O–H groups in total. The maximum absolute atomic E-state index is 12.1. The first kappa shape index (κ1) is 15.5. The quantitative estimate of drug-likeness (QED) is 0.763. The van der Waals surface area contributed by atoms with Crippen LogP contribution < -0.4 is 11.1 Å². The molecule has 0 unspecified atom stereocenters. The van der Waals surface area contributed by atoms with Crippen LogP contribution in [0.3, 0.4) is 0 Å². The minimum atomic E-state index is -0.726. The summed E-state index contributed by atoms with van der Waals surface area (Å²) in [7, 11) is 0. The van der Waals surface area contributed by atoms with Crippen LogP contribution in [0.5, 0.6) is 0 Å². The van der Waals surface area contributed by atoms with E-state index in [4.69, 9.17) is 5.73 Å². The standard InChI is InChI=1S/C16H15IN2O2/c17-13-8-4-5-11(9-13)10-14(15(18)20)19-16(21)12-6-2-1-3-7-12/h1-9,14H,10H2,(H2,18,20)(H,19,21)/t14-/m0/s1. The van der Waals surface area contributed by atoms with E-state index in [1.54, 1.807) is 24.3 Å². The number of carbonyl (C=O) groups is 2. The van der Waals surface area contributed by atoms with E-state index in [2.05, 4.69) is 27.9 Å². The molecular formula is C16H15IN2O2. The molecule has 2 rings (SSSR count). The molecule has 108 valence electrons. The predicted octanol–water partition coefficient (Wildman–Crippen LogP) is 2.12. The number of primary amides is 1. The third kappa shape index (κ3) is 4.56. The summed E-state index contributed by atoms with van der Waals surface area (Å²) in [6, 6.07) is 15.8. The first-order chi connectivity index (χ1) is 10.1. The molecule has 2 aromatic carbocycles. The number of rotatable bonds is 5. The first-order valence-corrected chi connectivity index (χ1v) is 7.54. The lowest BCUT2D eigenvalue weighted by Gasteiger charge is -2.15. The molecule has 0 saturated heterocycles. The fraction of sp³-hybridized carbons (Fsp3) is 0.125.